The molecule has 0 bridgehead atoms. The van der Waals surface area contributed by atoms with Crippen molar-refractivity contribution in [1.82, 2.24) is 0 Å². The third-order valence-electron chi connectivity index (χ3n) is 3.89. The van der Waals surface area contributed by atoms with E-state index in [1.165, 1.54) is 16.9 Å². The van der Waals surface area contributed by atoms with Crippen molar-refractivity contribution in [1.29, 1.82) is 0 Å². The Bertz CT molecular complexity index is 665. The highest BCUT2D eigenvalue weighted by Gasteiger charge is 2.29. The van der Waals surface area contributed by atoms with Crippen molar-refractivity contribution in [2.75, 3.05) is 0 Å². The van der Waals surface area contributed by atoms with Crippen LogP contribution in [0.2, 0.25) is 19.6 Å². The number of hydrogen-bond acceptors (Lipinski definition) is 3. The van der Waals surface area contributed by atoms with Gasteiger partial charge in [-0.05, 0) is 17.7 Å². The summed E-state index contributed by atoms with van der Waals surface area (Å²) >= 11 is 1.20. The maximum Gasteiger partial charge on any atom is 0.199 e. The lowest BCUT2D eigenvalue weighted by Gasteiger charge is -2.26. The van der Waals surface area contributed by atoms with E-state index in [2.05, 4.69) is 25.7 Å². The van der Waals surface area contributed by atoms with Gasteiger partial charge in [0.15, 0.2) is 5.12 Å². The fourth-order valence-corrected chi connectivity index (χ4v) is 5.07. The number of rotatable bonds is 5. The molecule has 1 N–H and O–H groups in total. The number of aliphatic hydroxyl groups excluding tert-OH is 1. The van der Waals surface area contributed by atoms with Gasteiger partial charge < -0.3 is 5.11 Å². The molecule has 2 rings (SSSR count). The van der Waals surface area contributed by atoms with E-state index in [4.69, 9.17) is 0 Å². The summed E-state index contributed by atoms with van der Waals surface area (Å²) in [5.41, 5.74) is 0.904. The zero-order valence-corrected chi connectivity index (χ0v) is 15.9. The van der Waals surface area contributed by atoms with Gasteiger partial charge >= 0.3 is 0 Å². The molecule has 0 amide bonds. The smallest absolute Gasteiger partial charge is 0.199 e. The quantitative estimate of drug-likeness (QED) is 0.652. The molecular weight excluding hydrogens is 320 g/mol. The Labute approximate surface area is 144 Å². The number of benzene rings is 2. The summed E-state index contributed by atoms with van der Waals surface area (Å²) in [5.74, 6) is -0.447. The third-order valence-corrected chi connectivity index (χ3v) is 7.05. The Morgan fingerprint density at radius 3 is 2.17 bits per heavy atom. The number of carbonyl (C=O) groups is 1. The summed E-state index contributed by atoms with van der Waals surface area (Å²) in [7, 11) is -1.57. The maximum atomic E-state index is 12.5. The largest absolute Gasteiger partial charge is 0.388 e. The van der Waals surface area contributed by atoms with Crippen LogP contribution in [0.1, 0.15) is 18.6 Å². The minimum absolute atomic E-state index is 0.00548. The average molecular weight is 345 g/mol. The lowest BCUT2D eigenvalue weighted by molar-refractivity contribution is -0.117. The van der Waals surface area contributed by atoms with E-state index in [0.717, 1.165) is 10.5 Å². The lowest BCUT2D eigenvalue weighted by atomic mass is 9.98. The van der Waals surface area contributed by atoms with Gasteiger partial charge in [-0.15, -0.1) is 0 Å². The van der Waals surface area contributed by atoms with Crippen molar-refractivity contribution >= 4 is 30.1 Å². The number of hydrogen-bond donors (Lipinski definition) is 1. The molecule has 2 atom stereocenters. The van der Waals surface area contributed by atoms with Gasteiger partial charge in [-0.2, -0.15) is 0 Å². The molecule has 0 radical (unpaired) electrons. The minimum Gasteiger partial charge on any atom is -0.388 e. The Hall–Kier alpha value is -1.36. The molecule has 0 aromatic heterocycles. The first-order chi connectivity index (χ1) is 10.8. The zero-order chi connectivity index (χ0) is 17.0. The van der Waals surface area contributed by atoms with Crippen LogP contribution in [-0.2, 0) is 4.79 Å². The Kier molecular flexibility index (Phi) is 5.84. The van der Waals surface area contributed by atoms with Crippen LogP contribution in [0.15, 0.2) is 59.5 Å². The van der Waals surface area contributed by atoms with Crippen LogP contribution in [0, 0.1) is 5.92 Å². The standard InChI is InChI=1S/C19H24O2SSi/c1-14(19(21)22-15-10-6-5-7-11-15)18(20)16-12-8-9-13-17(16)23(2,3)4/h5-14,18,20H,1-4H3/t14-,18-/m1/s1. The monoisotopic (exact) mass is 344 g/mol. The van der Waals surface area contributed by atoms with E-state index >= 15 is 0 Å². The van der Waals surface area contributed by atoms with Crippen LogP contribution in [0.5, 0.6) is 0 Å². The molecule has 0 aliphatic rings. The molecule has 0 spiro atoms. The van der Waals surface area contributed by atoms with E-state index in [0.29, 0.717) is 0 Å². The number of aliphatic hydroxyl groups is 1. The van der Waals surface area contributed by atoms with Crippen LogP contribution in [0.4, 0.5) is 0 Å². The summed E-state index contributed by atoms with van der Waals surface area (Å²) in [6.45, 7) is 8.57. The SMILES string of the molecule is C[C@@H](C(=O)Sc1ccccc1)[C@@H](O)c1ccccc1[Si](C)(C)C. The summed E-state index contributed by atoms with van der Waals surface area (Å²) in [5, 5.41) is 12.0. The van der Waals surface area contributed by atoms with Gasteiger partial charge in [0.1, 0.15) is 0 Å². The maximum absolute atomic E-state index is 12.5. The topological polar surface area (TPSA) is 37.3 Å². The predicted octanol–water partition coefficient (Wildman–Crippen LogP) is 4.22. The second-order valence-corrected chi connectivity index (χ2v) is 12.9. The van der Waals surface area contributed by atoms with E-state index in [-0.39, 0.29) is 5.12 Å². The van der Waals surface area contributed by atoms with Gasteiger partial charge in [-0.3, -0.25) is 4.79 Å². The van der Waals surface area contributed by atoms with Crippen LogP contribution in [-0.4, -0.2) is 18.3 Å². The lowest BCUT2D eigenvalue weighted by Crippen LogP contribution is -2.41. The second-order valence-electron chi connectivity index (χ2n) is 6.80. The molecular formula is C19H24O2SSi. The molecule has 0 heterocycles. The molecule has 0 aliphatic carbocycles. The van der Waals surface area contributed by atoms with Gasteiger partial charge in [0.25, 0.3) is 0 Å². The minimum atomic E-state index is -1.57. The van der Waals surface area contributed by atoms with Gasteiger partial charge in [0.2, 0.25) is 0 Å². The molecule has 2 aromatic rings. The highest BCUT2D eigenvalue weighted by molar-refractivity contribution is 8.13. The second kappa shape index (κ2) is 7.47. The van der Waals surface area contributed by atoms with Crippen LogP contribution >= 0.6 is 11.8 Å². The highest BCUT2D eigenvalue weighted by atomic mass is 32.2. The van der Waals surface area contributed by atoms with Crippen molar-refractivity contribution in [3.05, 3.63) is 60.2 Å². The van der Waals surface area contributed by atoms with Gasteiger partial charge in [0.05, 0.1) is 20.1 Å². The van der Waals surface area contributed by atoms with E-state index < -0.39 is 20.1 Å². The van der Waals surface area contributed by atoms with Crippen molar-refractivity contribution in [3.8, 4) is 0 Å². The third kappa shape index (κ3) is 4.56. The molecule has 2 aromatic carbocycles. The first-order valence-corrected chi connectivity index (χ1v) is 12.2. The van der Waals surface area contributed by atoms with Crippen molar-refractivity contribution < 1.29 is 9.90 Å². The molecule has 0 saturated carbocycles. The van der Waals surface area contributed by atoms with Crippen LogP contribution < -0.4 is 5.19 Å². The van der Waals surface area contributed by atoms with Crippen molar-refractivity contribution in [2.45, 2.75) is 37.6 Å². The summed E-state index contributed by atoms with van der Waals surface area (Å²) < 4.78 is 0. The Balaban J connectivity index is 2.20. The summed E-state index contributed by atoms with van der Waals surface area (Å²) in [6, 6.07) is 17.6. The first kappa shape index (κ1) is 18.0. The summed E-state index contributed by atoms with van der Waals surface area (Å²) in [4.78, 5) is 13.4. The van der Waals surface area contributed by atoms with Gasteiger partial charge in [0, 0.05) is 4.90 Å². The van der Waals surface area contributed by atoms with Crippen LogP contribution in [0.3, 0.4) is 0 Å². The summed E-state index contributed by atoms with van der Waals surface area (Å²) in [6.07, 6.45) is -0.762. The molecule has 2 nitrogen and oxygen atoms in total. The fourth-order valence-electron chi connectivity index (χ4n) is 2.53. The Morgan fingerprint density at radius 1 is 1.00 bits per heavy atom. The van der Waals surface area contributed by atoms with Gasteiger partial charge in [-0.1, -0.05) is 86.0 Å². The van der Waals surface area contributed by atoms with E-state index in [1.807, 2.05) is 55.5 Å². The fraction of sp³-hybridized carbons (Fsp3) is 0.316. The highest BCUT2D eigenvalue weighted by Crippen LogP contribution is 2.30. The first-order valence-electron chi connectivity index (χ1n) is 7.85. The van der Waals surface area contributed by atoms with E-state index in [1.54, 1.807) is 0 Å². The predicted molar refractivity (Wildman–Crippen MR) is 101 cm³/mol. The molecule has 0 saturated heterocycles. The van der Waals surface area contributed by atoms with E-state index in [9.17, 15) is 9.90 Å². The Morgan fingerprint density at radius 2 is 1.57 bits per heavy atom. The van der Waals surface area contributed by atoms with Gasteiger partial charge in [-0.25, -0.2) is 0 Å². The molecule has 122 valence electrons. The molecule has 0 unspecified atom stereocenters. The number of thioether (sulfide) groups is 1. The van der Waals surface area contributed by atoms with Crippen LogP contribution in [0.25, 0.3) is 0 Å². The molecule has 0 fully saturated rings. The normalized spacial score (nSPS) is 14.3. The molecule has 0 aliphatic heterocycles. The molecule has 4 heteroatoms. The van der Waals surface area contributed by atoms with Crippen molar-refractivity contribution in [3.63, 3.8) is 0 Å². The molecule has 23 heavy (non-hydrogen) atoms. The zero-order valence-electron chi connectivity index (χ0n) is 14.1. The average Bonchev–Trinajstić information content (AvgIpc) is 2.53. The number of carbonyl (C=O) groups excluding carboxylic acids is 1. The van der Waals surface area contributed by atoms with Crippen molar-refractivity contribution in [2.24, 2.45) is 5.92 Å².